The van der Waals surface area contributed by atoms with E-state index >= 15 is 0 Å². The fourth-order valence-corrected chi connectivity index (χ4v) is 4.03. The summed E-state index contributed by atoms with van der Waals surface area (Å²) in [4.78, 5) is 12.9. The second-order valence-electron chi connectivity index (χ2n) is 6.13. The van der Waals surface area contributed by atoms with Crippen molar-refractivity contribution in [3.8, 4) is 0 Å². The fourth-order valence-electron chi connectivity index (χ4n) is 3.40. The minimum atomic E-state index is -0.119. The van der Waals surface area contributed by atoms with Crippen LogP contribution in [0, 0.1) is 16.4 Å². The molecule has 2 fully saturated rings. The van der Waals surface area contributed by atoms with Gasteiger partial charge < -0.3 is 9.47 Å². The van der Waals surface area contributed by atoms with Crippen molar-refractivity contribution in [3.05, 3.63) is 32.9 Å². The van der Waals surface area contributed by atoms with Crippen LogP contribution in [0.3, 0.4) is 0 Å². The molecule has 2 heterocycles. The smallest absolute Gasteiger partial charge is 0.167 e. The van der Waals surface area contributed by atoms with Gasteiger partial charge in [0.15, 0.2) is 5.78 Å². The first-order valence-corrected chi connectivity index (χ1v) is 8.70. The average Bonchev–Trinajstić information content (AvgIpc) is 2.50. The van der Waals surface area contributed by atoms with E-state index < -0.39 is 0 Å². The Labute approximate surface area is 139 Å². The van der Waals surface area contributed by atoms with Gasteiger partial charge in [0.2, 0.25) is 0 Å². The van der Waals surface area contributed by atoms with Gasteiger partial charge in [-0.2, -0.15) is 0 Å². The maximum Gasteiger partial charge on any atom is 0.167 e. The van der Waals surface area contributed by atoms with Gasteiger partial charge in [0.05, 0.1) is 5.60 Å². The molecule has 114 valence electrons. The summed E-state index contributed by atoms with van der Waals surface area (Å²) in [6, 6.07) is 6.00. The second-order valence-corrected chi connectivity index (χ2v) is 7.21. The molecule has 4 heteroatoms. The van der Waals surface area contributed by atoms with Gasteiger partial charge >= 0.3 is 0 Å². The highest BCUT2D eigenvalue weighted by Gasteiger charge is 2.41. The summed E-state index contributed by atoms with van der Waals surface area (Å²) in [7, 11) is 0. The maximum atomic E-state index is 12.9. The normalized spacial score (nSPS) is 25.0. The number of benzene rings is 1. The van der Waals surface area contributed by atoms with Gasteiger partial charge in [-0.05, 0) is 60.8 Å². The summed E-state index contributed by atoms with van der Waals surface area (Å²) in [5, 5.41) is 0. The van der Waals surface area contributed by atoms with Crippen molar-refractivity contribution in [2.45, 2.75) is 38.2 Å². The number of hydrogen-bond donors (Lipinski definition) is 0. The largest absolute Gasteiger partial charge is 0.381 e. The van der Waals surface area contributed by atoms with Gasteiger partial charge in [-0.1, -0.05) is 18.2 Å². The second kappa shape index (κ2) is 6.34. The maximum absolute atomic E-state index is 12.9. The summed E-state index contributed by atoms with van der Waals surface area (Å²) in [6.07, 6.45) is 3.52. The zero-order valence-electron chi connectivity index (χ0n) is 12.4. The fraction of sp³-hybridized carbons (Fsp3) is 0.588. The van der Waals surface area contributed by atoms with E-state index in [4.69, 9.17) is 9.47 Å². The van der Waals surface area contributed by atoms with E-state index in [0.29, 0.717) is 6.61 Å². The molecule has 2 aliphatic rings. The third-order valence-corrected chi connectivity index (χ3v) is 6.16. The Morgan fingerprint density at radius 2 is 2.05 bits per heavy atom. The quantitative estimate of drug-likeness (QED) is 0.560. The molecule has 2 aliphatic heterocycles. The highest BCUT2D eigenvalue weighted by molar-refractivity contribution is 14.1. The molecule has 21 heavy (non-hydrogen) atoms. The Balaban J connectivity index is 1.79. The molecule has 1 atom stereocenters. The van der Waals surface area contributed by atoms with Crippen LogP contribution in [0.1, 0.15) is 41.6 Å². The number of ether oxygens (including phenoxy) is 2. The number of hydrogen-bond acceptors (Lipinski definition) is 3. The lowest BCUT2D eigenvalue weighted by Gasteiger charge is -2.43. The Morgan fingerprint density at radius 3 is 2.81 bits per heavy atom. The lowest BCUT2D eigenvalue weighted by molar-refractivity contribution is -0.142. The van der Waals surface area contributed by atoms with Crippen LogP contribution in [0.25, 0.3) is 0 Å². The Kier molecular flexibility index (Phi) is 4.66. The standard InChI is InChI=1S/C17H21IO3/c1-12-3-2-4-14(15(12)18)16(19)13-5-8-21-17(11-13)6-9-20-10-7-17/h2-4,13H,5-11H2,1H3. The molecule has 0 aliphatic carbocycles. The van der Waals surface area contributed by atoms with E-state index in [1.165, 1.54) is 5.56 Å². The van der Waals surface area contributed by atoms with Crippen LogP contribution in [0.4, 0.5) is 0 Å². The van der Waals surface area contributed by atoms with Gasteiger partial charge in [-0.15, -0.1) is 0 Å². The number of aryl methyl sites for hydroxylation is 1. The number of halogens is 1. The molecule has 1 aromatic carbocycles. The Bertz CT molecular complexity index is 529. The van der Waals surface area contributed by atoms with Crippen molar-refractivity contribution < 1.29 is 14.3 Å². The third-order valence-electron chi connectivity index (χ3n) is 4.73. The van der Waals surface area contributed by atoms with Gasteiger partial charge in [0.1, 0.15) is 0 Å². The molecule has 0 saturated carbocycles. The first kappa shape index (κ1) is 15.4. The number of carbonyl (C=O) groups is 1. The molecule has 0 amide bonds. The number of ketones is 1. The summed E-state index contributed by atoms with van der Waals surface area (Å²) < 4.78 is 12.6. The lowest BCUT2D eigenvalue weighted by Crippen LogP contribution is -2.46. The lowest BCUT2D eigenvalue weighted by atomic mass is 9.78. The summed E-state index contributed by atoms with van der Waals surface area (Å²) >= 11 is 2.29. The molecular formula is C17H21IO3. The van der Waals surface area contributed by atoms with Crippen molar-refractivity contribution >= 4 is 28.4 Å². The minimum absolute atomic E-state index is 0.0900. The van der Waals surface area contributed by atoms with Crippen LogP contribution in [0.5, 0.6) is 0 Å². The summed E-state index contributed by atoms with van der Waals surface area (Å²) in [5.41, 5.74) is 1.94. The molecule has 2 saturated heterocycles. The summed E-state index contributed by atoms with van der Waals surface area (Å²) in [5.74, 6) is 0.379. The predicted octanol–water partition coefficient (Wildman–Crippen LogP) is 3.76. The number of carbonyl (C=O) groups excluding carboxylic acids is 1. The van der Waals surface area contributed by atoms with Gasteiger partial charge in [0.25, 0.3) is 0 Å². The highest BCUT2D eigenvalue weighted by atomic mass is 127. The molecule has 3 rings (SSSR count). The first-order chi connectivity index (χ1) is 10.1. The van der Waals surface area contributed by atoms with E-state index in [0.717, 1.165) is 48.0 Å². The molecule has 3 nitrogen and oxygen atoms in total. The van der Waals surface area contributed by atoms with Crippen LogP contribution in [-0.2, 0) is 9.47 Å². The third kappa shape index (κ3) is 3.17. The van der Waals surface area contributed by atoms with Crippen molar-refractivity contribution in [1.82, 2.24) is 0 Å². The van der Waals surface area contributed by atoms with Crippen molar-refractivity contribution in [3.63, 3.8) is 0 Å². The van der Waals surface area contributed by atoms with Crippen LogP contribution in [0.15, 0.2) is 18.2 Å². The number of Topliss-reactive ketones (excluding diaryl/α,β-unsaturated/α-hetero) is 1. The van der Waals surface area contributed by atoms with Crippen LogP contribution >= 0.6 is 22.6 Å². The molecule has 0 bridgehead atoms. The topological polar surface area (TPSA) is 35.5 Å². The number of rotatable bonds is 2. The van der Waals surface area contributed by atoms with E-state index in [2.05, 4.69) is 35.6 Å². The van der Waals surface area contributed by atoms with Crippen molar-refractivity contribution in [1.29, 1.82) is 0 Å². The molecule has 1 unspecified atom stereocenters. The SMILES string of the molecule is Cc1cccc(C(=O)C2CCOC3(CCOCC3)C2)c1I. The molecule has 1 aromatic rings. The van der Waals surface area contributed by atoms with E-state index in [1.54, 1.807) is 0 Å². The van der Waals surface area contributed by atoms with E-state index in [1.807, 2.05) is 12.1 Å². The monoisotopic (exact) mass is 400 g/mol. The van der Waals surface area contributed by atoms with Gasteiger partial charge in [-0.25, -0.2) is 0 Å². The van der Waals surface area contributed by atoms with Gasteiger partial charge in [0, 0.05) is 34.9 Å². The molecule has 1 spiro atoms. The first-order valence-electron chi connectivity index (χ1n) is 7.62. The molecule has 0 aromatic heterocycles. The van der Waals surface area contributed by atoms with Gasteiger partial charge in [-0.3, -0.25) is 4.79 Å². The Hall–Kier alpha value is -0.460. The summed E-state index contributed by atoms with van der Waals surface area (Å²) in [6.45, 7) is 4.26. The highest BCUT2D eigenvalue weighted by Crippen LogP contribution is 2.38. The van der Waals surface area contributed by atoms with E-state index in [-0.39, 0.29) is 17.3 Å². The molecule has 0 N–H and O–H groups in total. The predicted molar refractivity (Wildman–Crippen MR) is 89.7 cm³/mol. The van der Waals surface area contributed by atoms with Crippen molar-refractivity contribution in [2.75, 3.05) is 19.8 Å². The average molecular weight is 400 g/mol. The molecule has 0 radical (unpaired) electrons. The van der Waals surface area contributed by atoms with Crippen LogP contribution < -0.4 is 0 Å². The molecular weight excluding hydrogens is 379 g/mol. The van der Waals surface area contributed by atoms with E-state index in [9.17, 15) is 4.79 Å². The minimum Gasteiger partial charge on any atom is -0.381 e. The van der Waals surface area contributed by atoms with Crippen LogP contribution in [0.2, 0.25) is 0 Å². The zero-order chi connectivity index (χ0) is 14.9. The van der Waals surface area contributed by atoms with Crippen LogP contribution in [-0.4, -0.2) is 31.2 Å². The Morgan fingerprint density at radius 1 is 1.29 bits per heavy atom. The zero-order valence-corrected chi connectivity index (χ0v) is 14.5. The van der Waals surface area contributed by atoms with Crippen molar-refractivity contribution in [2.24, 2.45) is 5.92 Å².